The number of anilines is 1. The van der Waals surface area contributed by atoms with Crippen LogP contribution in [0.5, 0.6) is 0 Å². The van der Waals surface area contributed by atoms with E-state index in [4.69, 9.17) is 0 Å². The minimum Gasteiger partial charge on any atom is -0.378 e. The van der Waals surface area contributed by atoms with Crippen molar-refractivity contribution in [1.29, 1.82) is 0 Å². The lowest BCUT2D eigenvalue weighted by Gasteiger charge is -2.17. The molecular formula is C14H12F2IN. The fourth-order valence-corrected chi connectivity index (χ4v) is 2.29. The molecule has 0 fully saturated rings. The summed E-state index contributed by atoms with van der Waals surface area (Å²) in [6.45, 7) is 1.85. The van der Waals surface area contributed by atoms with Crippen LogP contribution in [-0.4, -0.2) is 0 Å². The highest BCUT2D eigenvalue weighted by Crippen LogP contribution is 2.25. The lowest BCUT2D eigenvalue weighted by molar-refractivity contribution is 0.566. The monoisotopic (exact) mass is 359 g/mol. The Balaban J connectivity index is 2.22. The molecule has 0 heterocycles. The first-order chi connectivity index (χ1) is 8.58. The molecule has 0 amide bonds. The zero-order valence-corrected chi connectivity index (χ0v) is 11.9. The molecule has 1 atom stereocenters. The summed E-state index contributed by atoms with van der Waals surface area (Å²) in [5.41, 5.74) is 1.39. The first kappa shape index (κ1) is 13.3. The summed E-state index contributed by atoms with van der Waals surface area (Å²) in [5, 5.41) is 3.22. The topological polar surface area (TPSA) is 12.0 Å². The van der Waals surface area contributed by atoms with Gasteiger partial charge in [-0.25, -0.2) is 8.78 Å². The number of rotatable bonds is 3. The van der Waals surface area contributed by atoms with E-state index in [-0.39, 0.29) is 6.04 Å². The second-order valence-corrected chi connectivity index (χ2v) is 5.17. The third kappa shape index (κ3) is 2.98. The van der Waals surface area contributed by atoms with Crippen LogP contribution in [0.1, 0.15) is 18.5 Å². The van der Waals surface area contributed by atoms with Gasteiger partial charge in [0.2, 0.25) is 0 Å². The molecule has 2 aromatic carbocycles. The van der Waals surface area contributed by atoms with E-state index >= 15 is 0 Å². The van der Waals surface area contributed by atoms with Crippen LogP contribution in [0.2, 0.25) is 0 Å². The van der Waals surface area contributed by atoms with E-state index in [1.54, 1.807) is 0 Å². The molecule has 1 N–H and O–H groups in total. The fraction of sp³-hybridized carbons (Fsp3) is 0.143. The molecule has 0 bridgehead atoms. The van der Waals surface area contributed by atoms with E-state index in [9.17, 15) is 8.78 Å². The van der Waals surface area contributed by atoms with Crippen molar-refractivity contribution < 1.29 is 8.78 Å². The van der Waals surface area contributed by atoms with E-state index in [1.165, 1.54) is 12.1 Å². The van der Waals surface area contributed by atoms with Gasteiger partial charge in [0.1, 0.15) is 11.6 Å². The van der Waals surface area contributed by atoms with E-state index in [0.29, 0.717) is 5.56 Å². The Kier molecular flexibility index (Phi) is 4.16. The van der Waals surface area contributed by atoms with Crippen LogP contribution in [-0.2, 0) is 0 Å². The van der Waals surface area contributed by atoms with Crippen molar-refractivity contribution in [1.82, 2.24) is 0 Å². The van der Waals surface area contributed by atoms with Crippen LogP contribution in [0.4, 0.5) is 14.5 Å². The predicted molar refractivity (Wildman–Crippen MR) is 77.6 cm³/mol. The van der Waals surface area contributed by atoms with Crippen LogP contribution in [0.25, 0.3) is 0 Å². The highest BCUT2D eigenvalue weighted by molar-refractivity contribution is 14.1. The molecule has 0 saturated heterocycles. The average Bonchev–Trinajstić information content (AvgIpc) is 2.32. The van der Waals surface area contributed by atoms with Gasteiger partial charge in [-0.1, -0.05) is 18.2 Å². The van der Waals surface area contributed by atoms with Gasteiger partial charge in [-0.05, 0) is 47.7 Å². The van der Waals surface area contributed by atoms with Gasteiger partial charge in [0.15, 0.2) is 0 Å². The molecule has 0 radical (unpaired) electrons. The molecule has 0 spiro atoms. The predicted octanol–water partition coefficient (Wildman–Crippen LogP) is 4.74. The normalized spacial score (nSPS) is 12.2. The van der Waals surface area contributed by atoms with Crippen molar-refractivity contribution in [2.24, 2.45) is 0 Å². The van der Waals surface area contributed by atoms with Gasteiger partial charge in [0.25, 0.3) is 0 Å². The Labute approximate surface area is 118 Å². The minimum absolute atomic E-state index is 0.221. The molecule has 0 aliphatic carbocycles. The molecule has 18 heavy (non-hydrogen) atoms. The zero-order chi connectivity index (χ0) is 13.1. The van der Waals surface area contributed by atoms with Gasteiger partial charge in [-0.15, -0.1) is 0 Å². The summed E-state index contributed by atoms with van der Waals surface area (Å²) in [6, 6.07) is 11.2. The molecule has 94 valence electrons. The molecular weight excluding hydrogens is 347 g/mol. The maximum absolute atomic E-state index is 13.6. The van der Waals surface area contributed by atoms with Crippen molar-refractivity contribution in [3.8, 4) is 0 Å². The first-order valence-electron chi connectivity index (χ1n) is 5.54. The average molecular weight is 359 g/mol. The molecule has 2 rings (SSSR count). The zero-order valence-electron chi connectivity index (χ0n) is 9.75. The van der Waals surface area contributed by atoms with E-state index in [1.807, 2.05) is 31.2 Å². The van der Waals surface area contributed by atoms with Crippen LogP contribution < -0.4 is 5.32 Å². The number of hydrogen-bond acceptors (Lipinski definition) is 1. The Morgan fingerprint density at radius 2 is 1.83 bits per heavy atom. The molecule has 0 saturated carbocycles. The second-order valence-electron chi connectivity index (χ2n) is 4.01. The van der Waals surface area contributed by atoms with Crippen molar-refractivity contribution >= 4 is 28.3 Å². The molecule has 0 aromatic heterocycles. The SMILES string of the molecule is CC(Nc1ccccc1I)c1ccc(F)cc1F. The molecule has 1 unspecified atom stereocenters. The highest BCUT2D eigenvalue weighted by Gasteiger charge is 2.12. The Bertz CT molecular complexity index is 557. The summed E-state index contributed by atoms with van der Waals surface area (Å²) < 4.78 is 27.5. The van der Waals surface area contributed by atoms with Gasteiger partial charge >= 0.3 is 0 Å². The number of hydrogen-bond donors (Lipinski definition) is 1. The van der Waals surface area contributed by atoms with Gasteiger partial charge in [-0.3, -0.25) is 0 Å². The maximum Gasteiger partial charge on any atom is 0.131 e. The molecule has 2 aromatic rings. The van der Waals surface area contributed by atoms with Gasteiger partial charge in [-0.2, -0.15) is 0 Å². The largest absolute Gasteiger partial charge is 0.378 e. The lowest BCUT2D eigenvalue weighted by Crippen LogP contribution is -2.09. The van der Waals surface area contributed by atoms with Crippen LogP contribution >= 0.6 is 22.6 Å². The number of para-hydroxylation sites is 1. The van der Waals surface area contributed by atoms with Crippen LogP contribution in [0.15, 0.2) is 42.5 Å². The summed E-state index contributed by atoms with van der Waals surface area (Å²) in [4.78, 5) is 0. The number of halogens is 3. The number of benzene rings is 2. The Morgan fingerprint density at radius 1 is 1.11 bits per heavy atom. The second kappa shape index (κ2) is 5.65. The van der Waals surface area contributed by atoms with Gasteiger partial charge in [0.05, 0.1) is 6.04 Å². The Morgan fingerprint density at radius 3 is 2.50 bits per heavy atom. The van der Waals surface area contributed by atoms with E-state index in [0.717, 1.165) is 15.3 Å². The molecule has 0 aliphatic rings. The quantitative estimate of drug-likeness (QED) is 0.781. The Hall–Kier alpha value is -1.17. The fourth-order valence-electron chi connectivity index (χ4n) is 1.74. The van der Waals surface area contributed by atoms with Gasteiger partial charge in [0, 0.05) is 20.9 Å². The molecule has 1 nitrogen and oxygen atoms in total. The first-order valence-corrected chi connectivity index (χ1v) is 6.62. The van der Waals surface area contributed by atoms with Crippen molar-refractivity contribution in [2.45, 2.75) is 13.0 Å². The summed E-state index contributed by atoms with van der Waals surface area (Å²) >= 11 is 2.21. The number of nitrogens with one attached hydrogen (secondary N) is 1. The summed E-state index contributed by atoms with van der Waals surface area (Å²) in [6.07, 6.45) is 0. The van der Waals surface area contributed by atoms with Crippen LogP contribution in [0, 0.1) is 15.2 Å². The smallest absolute Gasteiger partial charge is 0.131 e. The molecule has 4 heteroatoms. The highest BCUT2D eigenvalue weighted by atomic mass is 127. The van der Waals surface area contributed by atoms with Crippen molar-refractivity contribution in [3.63, 3.8) is 0 Å². The lowest BCUT2D eigenvalue weighted by atomic mass is 10.1. The third-order valence-electron chi connectivity index (χ3n) is 2.67. The summed E-state index contributed by atoms with van der Waals surface area (Å²) in [5.74, 6) is -1.08. The third-order valence-corrected chi connectivity index (χ3v) is 3.62. The summed E-state index contributed by atoms with van der Waals surface area (Å²) in [7, 11) is 0. The van der Waals surface area contributed by atoms with E-state index in [2.05, 4.69) is 27.9 Å². The van der Waals surface area contributed by atoms with Crippen molar-refractivity contribution in [3.05, 3.63) is 63.2 Å². The van der Waals surface area contributed by atoms with Crippen LogP contribution in [0.3, 0.4) is 0 Å². The standard InChI is InChI=1S/C14H12F2IN/c1-9(11-7-6-10(15)8-12(11)16)18-14-5-3-2-4-13(14)17/h2-9,18H,1H3. The minimum atomic E-state index is -0.558. The van der Waals surface area contributed by atoms with Gasteiger partial charge < -0.3 is 5.32 Å². The van der Waals surface area contributed by atoms with Crippen molar-refractivity contribution in [2.75, 3.05) is 5.32 Å². The van der Waals surface area contributed by atoms with E-state index < -0.39 is 11.6 Å². The maximum atomic E-state index is 13.6. The molecule has 0 aliphatic heterocycles.